The topological polar surface area (TPSA) is 69.6 Å². The summed E-state index contributed by atoms with van der Waals surface area (Å²) in [5, 5.41) is 8.75. The number of rotatable bonds is 4. The van der Waals surface area contributed by atoms with E-state index in [0.717, 1.165) is 11.6 Å². The number of aromatic nitrogens is 5. The summed E-state index contributed by atoms with van der Waals surface area (Å²) in [4.78, 5) is 8.62. The summed E-state index contributed by atoms with van der Waals surface area (Å²) in [7, 11) is 0. The van der Waals surface area contributed by atoms with Gasteiger partial charge in [-0.3, -0.25) is 0 Å². The van der Waals surface area contributed by atoms with E-state index in [-0.39, 0.29) is 11.4 Å². The predicted molar refractivity (Wildman–Crippen MR) is 106 cm³/mol. The molecule has 0 atom stereocenters. The molecule has 0 fully saturated rings. The van der Waals surface area contributed by atoms with Gasteiger partial charge in [-0.15, -0.1) is 10.2 Å². The van der Waals surface area contributed by atoms with Crippen LogP contribution in [0, 0.1) is 11.6 Å². The molecule has 0 saturated carbocycles. The lowest BCUT2D eigenvalue weighted by Gasteiger charge is -2.04. The van der Waals surface area contributed by atoms with Crippen molar-refractivity contribution in [3.63, 3.8) is 0 Å². The first-order valence-corrected chi connectivity index (χ1v) is 9.31. The van der Waals surface area contributed by atoms with E-state index in [1.165, 1.54) is 12.1 Å². The number of hydrogen-bond acceptors (Lipinski definition) is 5. The van der Waals surface area contributed by atoms with Gasteiger partial charge in [0.2, 0.25) is 11.8 Å². The first-order valence-electron chi connectivity index (χ1n) is 8.93. The molecule has 2 aliphatic rings. The quantitative estimate of drug-likeness (QED) is 0.403. The van der Waals surface area contributed by atoms with E-state index in [1.807, 2.05) is 0 Å². The Bertz CT molecular complexity index is 1320. The second-order valence-corrected chi connectivity index (χ2v) is 6.98. The Kier molecular flexibility index (Phi) is 4.48. The van der Waals surface area contributed by atoms with Crippen molar-refractivity contribution in [3.8, 4) is 34.2 Å². The van der Waals surface area contributed by atoms with Gasteiger partial charge in [0.15, 0.2) is 17.5 Å². The summed E-state index contributed by atoms with van der Waals surface area (Å²) in [5.41, 5.74) is 1.88. The average Bonchev–Trinajstić information content (AvgIpc) is 3.37. The number of fused-ring (bicyclic) bond motifs is 1. The van der Waals surface area contributed by atoms with Gasteiger partial charge in [0.05, 0.1) is 11.3 Å². The lowest BCUT2D eigenvalue weighted by molar-refractivity contribution is 0.487. The highest BCUT2D eigenvalue weighted by atomic mass is 35.5. The van der Waals surface area contributed by atoms with Crippen LogP contribution in [-0.2, 0) is 6.54 Å². The van der Waals surface area contributed by atoms with Crippen LogP contribution in [0.2, 0.25) is 5.02 Å². The van der Waals surface area contributed by atoms with Crippen molar-refractivity contribution >= 4 is 11.6 Å². The zero-order valence-electron chi connectivity index (χ0n) is 15.3. The SMILES string of the molecule is Fc1cccc(-c2nc3ccn(Cc4nnc(-c5ccc(Cl)cc5)o4)cc-3n2)c1F. The summed E-state index contributed by atoms with van der Waals surface area (Å²) in [6.07, 6.45) is 3.50. The third-order valence-electron chi connectivity index (χ3n) is 4.50. The maximum Gasteiger partial charge on any atom is 0.247 e. The fraction of sp³-hybridized carbons (Fsp3) is 0.0476. The number of benzene rings is 2. The van der Waals surface area contributed by atoms with Crippen LogP contribution in [0.1, 0.15) is 5.89 Å². The molecule has 3 heterocycles. The van der Waals surface area contributed by atoms with Crippen molar-refractivity contribution in [2.45, 2.75) is 6.54 Å². The first-order chi connectivity index (χ1) is 14.6. The minimum Gasteiger partial charge on any atom is -0.419 e. The molecule has 0 spiro atoms. The standard InChI is InChI=1S/C21H12ClF2N5O/c22-13-6-4-12(5-7-13)21-28-27-18(30-21)11-29-9-8-16-17(10-29)26-20(25-16)14-2-1-3-15(23)19(14)24/h1-10H,11H2. The molecule has 2 aromatic carbocycles. The number of nitrogens with zero attached hydrogens (tertiary/aromatic N) is 5. The highest BCUT2D eigenvalue weighted by Crippen LogP contribution is 2.27. The maximum absolute atomic E-state index is 14.1. The van der Waals surface area contributed by atoms with Gasteiger partial charge in [-0.1, -0.05) is 17.7 Å². The monoisotopic (exact) mass is 423 g/mol. The molecule has 0 aliphatic carbocycles. The summed E-state index contributed by atoms with van der Waals surface area (Å²) in [6.45, 7) is 0.313. The smallest absolute Gasteiger partial charge is 0.247 e. The molecule has 0 saturated heterocycles. The van der Waals surface area contributed by atoms with E-state index in [1.54, 1.807) is 47.3 Å². The van der Waals surface area contributed by atoms with Crippen molar-refractivity contribution in [2.75, 3.05) is 0 Å². The largest absolute Gasteiger partial charge is 0.419 e. The van der Waals surface area contributed by atoms with Crippen LogP contribution in [0.25, 0.3) is 34.2 Å². The van der Waals surface area contributed by atoms with Gasteiger partial charge in [0.1, 0.15) is 12.2 Å². The highest BCUT2D eigenvalue weighted by Gasteiger charge is 2.18. The molecule has 1 aromatic heterocycles. The molecule has 2 aliphatic heterocycles. The van der Waals surface area contributed by atoms with Gasteiger partial charge < -0.3 is 8.98 Å². The van der Waals surface area contributed by atoms with Crippen LogP contribution >= 0.6 is 11.6 Å². The van der Waals surface area contributed by atoms with Gasteiger partial charge in [0, 0.05) is 23.0 Å². The van der Waals surface area contributed by atoms with E-state index >= 15 is 0 Å². The Morgan fingerprint density at radius 2 is 1.73 bits per heavy atom. The summed E-state index contributed by atoms with van der Waals surface area (Å²) < 4.78 is 35.1. The van der Waals surface area contributed by atoms with Gasteiger partial charge in [-0.2, -0.15) is 0 Å². The van der Waals surface area contributed by atoms with E-state index in [4.69, 9.17) is 16.0 Å². The van der Waals surface area contributed by atoms with E-state index in [0.29, 0.717) is 34.7 Å². The molecule has 5 rings (SSSR count). The van der Waals surface area contributed by atoms with Gasteiger partial charge in [-0.25, -0.2) is 18.7 Å². The highest BCUT2D eigenvalue weighted by molar-refractivity contribution is 6.30. The van der Waals surface area contributed by atoms with Crippen LogP contribution in [0.15, 0.2) is 65.3 Å². The number of pyridine rings is 1. The normalized spacial score (nSPS) is 11.3. The first kappa shape index (κ1) is 18.4. The van der Waals surface area contributed by atoms with Crippen molar-refractivity contribution < 1.29 is 13.2 Å². The molecule has 0 N–H and O–H groups in total. The lowest BCUT2D eigenvalue weighted by Crippen LogP contribution is -2.01. The third-order valence-corrected chi connectivity index (χ3v) is 4.75. The third kappa shape index (κ3) is 3.42. The Morgan fingerprint density at radius 3 is 2.57 bits per heavy atom. The van der Waals surface area contributed by atoms with Crippen LogP contribution in [0.3, 0.4) is 0 Å². The second kappa shape index (κ2) is 7.31. The van der Waals surface area contributed by atoms with Crippen molar-refractivity contribution in [3.05, 3.63) is 83.5 Å². The van der Waals surface area contributed by atoms with Crippen molar-refractivity contribution in [1.29, 1.82) is 0 Å². The van der Waals surface area contributed by atoms with Crippen LogP contribution in [0.5, 0.6) is 0 Å². The molecule has 0 amide bonds. The zero-order chi connectivity index (χ0) is 20.7. The lowest BCUT2D eigenvalue weighted by atomic mass is 10.2. The van der Waals surface area contributed by atoms with Crippen LogP contribution in [0.4, 0.5) is 8.78 Å². The Labute approximate surface area is 174 Å². The number of imidazole rings is 1. The molecule has 3 aromatic rings. The second-order valence-electron chi connectivity index (χ2n) is 6.54. The molecule has 0 bridgehead atoms. The number of hydrogen-bond donors (Lipinski definition) is 0. The molecule has 0 radical (unpaired) electrons. The fourth-order valence-electron chi connectivity index (χ4n) is 3.03. The molecule has 148 valence electrons. The average molecular weight is 424 g/mol. The van der Waals surface area contributed by atoms with Gasteiger partial charge in [-0.05, 0) is 42.5 Å². The summed E-state index contributed by atoms with van der Waals surface area (Å²) in [5.74, 6) is -0.992. The van der Waals surface area contributed by atoms with E-state index < -0.39 is 11.6 Å². The Morgan fingerprint density at radius 1 is 0.933 bits per heavy atom. The molecule has 30 heavy (non-hydrogen) atoms. The minimum atomic E-state index is -0.971. The number of halogens is 3. The molecule has 0 unspecified atom stereocenters. The van der Waals surface area contributed by atoms with Crippen LogP contribution in [-0.4, -0.2) is 24.7 Å². The summed E-state index contributed by atoms with van der Waals surface area (Å²) >= 11 is 5.90. The molecule has 9 heteroatoms. The Hall–Kier alpha value is -3.65. The Balaban J connectivity index is 1.42. The molecular formula is C21H12ClF2N5O. The molecule has 6 nitrogen and oxygen atoms in total. The maximum atomic E-state index is 14.1. The van der Waals surface area contributed by atoms with Crippen molar-refractivity contribution in [2.24, 2.45) is 0 Å². The zero-order valence-corrected chi connectivity index (χ0v) is 16.0. The summed E-state index contributed by atoms with van der Waals surface area (Å²) in [6, 6.07) is 12.7. The van der Waals surface area contributed by atoms with Crippen LogP contribution < -0.4 is 0 Å². The molecular weight excluding hydrogens is 412 g/mol. The van der Waals surface area contributed by atoms with Gasteiger partial charge in [0.25, 0.3) is 0 Å². The van der Waals surface area contributed by atoms with E-state index in [2.05, 4.69) is 20.2 Å². The van der Waals surface area contributed by atoms with Crippen molar-refractivity contribution in [1.82, 2.24) is 24.7 Å². The van der Waals surface area contributed by atoms with E-state index in [9.17, 15) is 8.78 Å². The minimum absolute atomic E-state index is 0.0160. The fourth-order valence-corrected chi connectivity index (χ4v) is 3.16. The predicted octanol–water partition coefficient (Wildman–Crippen LogP) is 5.08. The van der Waals surface area contributed by atoms with Gasteiger partial charge >= 0.3 is 0 Å².